The molecule has 0 saturated heterocycles. The van der Waals surface area contributed by atoms with E-state index in [1.54, 1.807) is 25.3 Å². The molecule has 5 nitrogen and oxygen atoms in total. The van der Waals surface area contributed by atoms with E-state index in [0.29, 0.717) is 30.7 Å². The van der Waals surface area contributed by atoms with E-state index < -0.39 is 0 Å². The smallest absolute Gasteiger partial charge is 0.226 e. The number of aromatic nitrogens is 1. The third-order valence-electron chi connectivity index (χ3n) is 5.30. The number of ether oxygens (including phenoxy) is 1. The Balaban J connectivity index is 1.64. The first kappa shape index (κ1) is 22.2. The molecule has 0 unspecified atom stereocenters. The van der Waals surface area contributed by atoms with Crippen molar-refractivity contribution in [2.45, 2.75) is 32.6 Å². The number of carbonyl (C=O) groups is 2. The molecule has 0 radical (unpaired) electrons. The quantitative estimate of drug-likeness (QED) is 0.442. The molecule has 5 heteroatoms. The maximum Gasteiger partial charge on any atom is 0.226 e. The van der Waals surface area contributed by atoms with E-state index in [-0.39, 0.29) is 11.7 Å². The van der Waals surface area contributed by atoms with Gasteiger partial charge in [0.2, 0.25) is 11.8 Å². The Kier molecular flexibility index (Phi) is 7.55. The number of anilines is 1. The predicted molar refractivity (Wildman–Crippen MR) is 124 cm³/mol. The average molecular weight is 417 g/mol. The molecule has 1 amide bonds. The van der Waals surface area contributed by atoms with Crippen molar-refractivity contribution >= 4 is 17.4 Å². The molecule has 0 N–H and O–H groups in total. The standard InChI is InChI=1S/C26H28N2O3/c1-4-6-25(30)28(2)23-15-12-20(13-16-23)19-8-10-21(11-9-19)24(29)17-14-22-7-5-18-27-26(22)31-3/h5,7-13,15-16,18H,4,6,14,17H2,1-3H3. The molecule has 3 rings (SSSR count). The van der Waals surface area contributed by atoms with Crippen LogP contribution in [0.4, 0.5) is 5.69 Å². The Bertz CT molecular complexity index is 1030. The molecule has 3 aromatic rings. The van der Waals surface area contributed by atoms with Crippen LogP contribution in [0.5, 0.6) is 5.88 Å². The van der Waals surface area contributed by atoms with Gasteiger partial charge in [-0.3, -0.25) is 9.59 Å². The fourth-order valence-corrected chi connectivity index (χ4v) is 3.44. The lowest BCUT2D eigenvalue weighted by molar-refractivity contribution is -0.118. The van der Waals surface area contributed by atoms with Crippen LogP contribution in [-0.2, 0) is 11.2 Å². The number of ketones is 1. The van der Waals surface area contributed by atoms with E-state index in [0.717, 1.165) is 28.8 Å². The summed E-state index contributed by atoms with van der Waals surface area (Å²) in [4.78, 5) is 30.5. The monoisotopic (exact) mass is 416 g/mol. The lowest BCUT2D eigenvalue weighted by atomic mass is 9.99. The van der Waals surface area contributed by atoms with Crippen molar-refractivity contribution in [3.63, 3.8) is 0 Å². The Morgan fingerprint density at radius 1 is 0.935 bits per heavy atom. The molecule has 160 valence electrons. The van der Waals surface area contributed by atoms with Crippen LogP contribution < -0.4 is 9.64 Å². The van der Waals surface area contributed by atoms with Crippen molar-refractivity contribution in [2.24, 2.45) is 0 Å². The van der Waals surface area contributed by atoms with Gasteiger partial charge in [0.15, 0.2) is 5.78 Å². The first-order valence-electron chi connectivity index (χ1n) is 10.5. The number of benzene rings is 2. The second-order valence-electron chi connectivity index (χ2n) is 7.42. The third kappa shape index (κ3) is 5.57. The van der Waals surface area contributed by atoms with Gasteiger partial charge in [0.05, 0.1) is 7.11 Å². The number of methoxy groups -OCH3 is 1. The molecule has 0 saturated carbocycles. The Labute approximate surface area is 183 Å². The Hall–Kier alpha value is -3.47. The maximum absolute atomic E-state index is 12.6. The van der Waals surface area contributed by atoms with Crippen LogP contribution in [0.2, 0.25) is 0 Å². The normalized spacial score (nSPS) is 10.5. The van der Waals surface area contributed by atoms with Crippen LogP contribution in [0.1, 0.15) is 42.1 Å². The lowest BCUT2D eigenvalue weighted by Crippen LogP contribution is -2.25. The topological polar surface area (TPSA) is 59.5 Å². The first-order chi connectivity index (χ1) is 15.0. The van der Waals surface area contributed by atoms with Gasteiger partial charge in [-0.1, -0.05) is 49.4 Å². The summed E-state index contributed by atoms with van der Waals surface area (Å²) in [6.07, 6.45) is 4.04. The lowest BCUT2D eigenvalue weighted by Gasteiger charge is -2.17. The summed E-state index contributed by atoms with van der Waals surface area (Å²) in [5.74, 6) is 0.766. The van der Waals surface area contributed by atoms with E-state index >= 15 is 0 Å². The van der Waals surface area contributed by atoms with Crippen molar-refractivity contribution in [2.75, 3.05) is 19.1 Å². The Morgan fingerprint density at radius 2 is 1.58 bits per heavy atom. The molecule has 0 atom stereocenters. The van der Waals surface area contributed by atoms with Crippen LogP contribution in [0.25, 0.3) is 11.1 Å². The number of carbonyl (C=O) groups excluding carboxylic acids is 2. The minimum atomic E-state index is 0.0869. The van der Waals surface area contributed by atoms with Gasteiger partial charge >= 0.3 is 0 Å². The van der Waals surface area contributed by atoms with Gasteiger partial charge < -0.3 is 9.64 Å². The highest BCUT2D eigenvalue weighted by atomic mass is 16.5. The fourth-order valence-electron chi connectivity index (χ4n) is 3.44. The average Bonchev–Trinajstić information content (AvgIpc) is 2.82. The first-order valence-corrected chi connectivity index (χ1v) is 10.5. The number of hydrogen-bond donors (Lipinski definition) is 0. The summed E-state index contributed by atoms with van der Waals surface area (Å²) in [5.41, 5.74) is 4.56. The molecular weight excluding hydrogens is 388 g/mol. The summed E-state index contributed by atoms with van der Waals surface area (Å²) < 4.78 is 5.25. The van der Waals surface area contributed by atoms with E-state index in [1.165, 1.54) is 0 Å². The summed E-state index contributed by atoms with van der Waals surface area (Å²) in [7, 11) is 3.38. The predicted octanol–water partition coefficient (Wildman–Crippen LogP) is 5.34. The van der Waals surface area contributed by atoms with Crippen LogP contribution >= 0.6 is 0 Å². The zero-order valence-electron chi connectivity index (χ0n) is 18.3. The highest BCUT2D eigenvalue weighted by molar-refractivity contribution is 5.96. The Morgan fingerprint density at radius 3 is 2.19 bits per heavy atom. The molecule has 1 heterocycles. The van der Waals surface area contributed by atoms with E-state index in [2.05, 4.69) is 4.98 Å². The zero-order valence-corrected chi connectivity index (χ0v) is 18.3. The van der Waals surface area contributed by atoms with Gasteiger partial charge in [0.1, 0.15) is 0 Å². The molecule has 0 aliphatic rings. The molecule has 0 bridgehead atoms. The molecule has 0 fully saturated rings. The SMILES string of the molecule is CCCC(=O)N(C)c1ccc(-c2ccc(C(=O)CCc3cccnc3OC)cc2)cc1. The van der Waals surface area contributed by atoms with E-state index in [1.807, 2.05) is 67.6 Å². The highest BCUT2D eigenvalue weighted by Gasteiger charge is 2.11. The van der Waals surface area contributed by atoms with Crippen LogP contribution in [0.15, 0.2) is 66.9 Å². The molecule has 0 aliphatic heterocycles. The second-order valence-corrected chi connectivity index (χ2v) is 7.42. The molecule has 31 heavy (non-hydrogen) atoms. The van der Waals surface area contributed by atoms with E-state index in [4.69, 9.17) is 4.74 Å². The summed E-state index contributed by atoms with van der Waals surface area (Å²) in [6.45, 7) is 2.00. The van der Waals surface area contributed by atoms with Crippen LogP contribution in [0, 0.1) is 0 Å². The summed E-state index contributed by atoms with van der Waals surface area (Å²) >= 11 is 0. The number of Topliss-reactive ketones (excluding diaryl/α,β-unsaturated/α-hetero) is 1. The van der Waals surface area contributed by atoms with Crippen molar-refractivity contribution in [1.29, 1.82) is 0 Å². The molecule has 2 aromatic carbocycles. The summed E-state index contributed by atoms with van der Waals surface area (Å²) in [6, 6.07) is 19.3. The molecule has 0 spiro atoms. The number of amides is 1. The minimum Gasteiger partial charge on any atom is -0.481 e. The van der Waals surface area contributed by atoms with Crippen molar-refractivity contribution in [3.8, 4) is 17.0 Å². The van der Waals surface area contributed by atoms with E-state index in [9.17, 15) is 9.59 Å². The zero-order chi connectivity index (χ0) is 22.2. The summed E-state index contributed by atoms with van der Waals surface area (Å²) in [5, 5.41) is 0. The van der Waals surface area contributed by atoms with Crippen LogP contribution in [0.3, 0.4) is 0 Å². The number of rotatable bonds is 9. The van der Waals surface area contributed by atoms with Gasteiger partial charge in [-0.25, -0.2) is 4.98 Å². The third-order valence-corrected chi connectivity index (χ3v) is 5.30. The minimum absolute atomic E-state index is 0.0869. The van der Waals surface area contributed by atoms with Crippen molar-refractivity contribution in [1.82, 2.24) is 4.98 Å². The fraction of sp³-hybridized carbons (Fsp3) is 0.269. The van der Waals surface area contributed by atoms with Gasteiger partial charge in [0, 0.05) is 42.9 Å². The largest absolute Gasteiger partial charge is 0.481 e. The van der Waals surface area contributed by atoms with Crippen molar-refractivity contribution in [3.05, 3.63) is 78.0 Å². The number of nitrogens with zero attached hydrogens (tertiary/aromatic N) is 2. The molecule has 1 aromatic heterocycles. The van der Waals surface area contributed by atoms with Gasteiger partial charge in [-0.2, -0.15) is 0 Å². The number of hydrogen-bond acceptors (Lipinski definition) is 4. The van der Waals surface area contributed by atoms with Gasteiger partial charge in [-0.05, 0) is 42.2 Å². The number of pyridine rings is 1. The molecular formula is C26H28N2O3. The second kappa shape index (κ2) is 10.5. The highest BCUT2D eigenvalue weighted by Crippen LogP contribution is 2.24. The van der Waals surface area contributed by atoms with Crippen molar-refractivity contribution < 1.29 is 14.3 Å². The van der Waals surface area contributed by atoms with Gasteiger partial charge in [0.25, 0.3) is 0 Å². The number of aryl methyl sites for hydroxylation is 1. The van der Waals surface area contributed by atoms with Crippen LogP contribution in [-0.4, -0.2) is 30.8 Å². The maximum atomic E-state index is 12.6. The van der Waals surface area contributed by atoms with Gasteiger partial charge in [-0.15, -0.1) is 0 Å². The molecule has 0 aliphatic carbocycles.